The Bertz CT molecular complexity index is 696. The number of nitrogens with one attached hydrogen (secondary N) is 2. The lowest BCUT2D eigenvalue weighted by Gasteiger charge is -2.06. The first kappa shape index (κ1) is 14.1. The predicted molar refractivity (Wildman–Crippen MR) is 74.0 cm³/mol. The molecule has 0 radical (unpaired) electrons. The first-order chi connectivity index (χ1) is 9.47. The number of rotatable bonds is 4. The summed E-state index contributed by atoms with van der Waals surface area (Å²) in [4.78, 5) is 22.8. The number of carbonyl (C=O) groups excluding carboxylic acids is 1. The number of amides is 1. The van der Waals surface area contributed by atoms with E-state index < -0.39 is 11.7 Å². The van der Waals surface area contributed by atoms with Crippen molar-refractivity contribution >= 4 is 29.0 Å². The monoisotopic (exact) mass is 297 g/mol. The number of carbonyl (C=O) groups is 1. The lowest BCUT2D eigenvalue weighted by Crippen LogP contribution is -2.17. The first-order valence-corrected chi connectivity index (χ1v) is 6.55. The largest absolute Gasteiger partial charge is 0.399 e. The summed E-state index contributed by atoms with van der Waals surface area (Å²) in [5.41, 5.74) is 5.52. The summed E-state index contributed by atoms with van der Waals surface area (Å²) in [6.45, 7) is 0. The average molecular weight is 297 g/mol. The van der Waals surface area contributed by atoms with E-state index in [2.05, 4.69) is 15.5 Å². The Morgan fingerprint density at radius 1 is 1.60 bits per heavy atom. The minimum Gasteiger partial charge on any atom is -0.399 e. The highest BCUT2D eigenvalue weighted by Gasteiger charge is 2.11. The van der Waals surface area contributed by atoms with Crippen LogP contribution in [0, 0.1) is 5.82 Å². The van der Waals surface area contributed by atoms with Crippen LogP contribution >= 0.6 is 11.8 Å². The van der Waals surface area contributed by atoms with Gasteiger partial charge in [-0.25, -0.2) is 14.3 Å². The Kier molecular flexibility index (Phi) is 4.08. The Balaban J connectivity index is 1.97. The van der Waals surface area contributed by atoms with Crippen LogP contribution in [0.2, 0.25) is 0 Å². The van der Waals surface area contributed by atoms with Crippen molar-refractivity contribution < 1.29 is 9.18 Å². The number of thioether (sulfide) groups is 1. The fourth-order valence-electron chi connectivity index (χ4n) is 1.42. The van der Waals surface area contributed by atoms with Crippen LogP contribution in [0.5, 0.6) is 0 Å². The molecule has 1 amide bonds. The van der Waals surface area contributed by atoms with Crippen molar-refractivity contribution in [3.63, 3.8) is 0 Å². The van der Waals surface area contributed by atoms with Gasteiger partial charge in [0.05, 0.1) is 11.4 Å². The van der Waals surface area contributed by atoms with Crippen molar-refractivity contribution in [1.82, 2.24) is 14.8 Å². The van der Waals surface area contributed by atoms with Crippen molar-refractivity contribution in [2.75, 3.05) is 16.8 Å². The lowest BCUT2D eigenvalue weighted by atomic mass is 10.2. The molecule has 1 aromatic carbocycles. The van der Waals surface area contributed by atoms with Gasteiger partial charge in [0.15, 0.2) is 5.16 Å². The molecule has 106 valence electrons. The smallest absolute Gasteiger partial charge is 0.343 e. The van der Waals surface area contributed by atoms with Gasteiger partial charge in [0.1, 0.15) is 5.82 Å². The number of benzene rings is 1. The second-order valence-electron chi connectivity index (χ2n) is 3.95. The van der Waals surface area contributed by atoms with Crippen LogP contribution in [-0.4, -0.2) is 26.4 Å². The molecule has 9 heteroatoms. The third-order valence-electron chi connectivity index (χ3n) is 2.44. The van der Waals surface area contributed by atoms with Gasteiger partial charge in [0.25, 0.3) is 0 Å². The Morgan fingerprint density at radius 3 is 3.00 bits per heavy atom. The Labute approximate surface area is 117 Å². The molecule has 2 rings (SSSR count). The summed E-state index contributed by atoms with van der Waals surface area (Å²) in [6.07, 6.45) is 0. The second-order valence-corrected chi connectivity index (χ2v) is 4.89. The molecule has 0 atom stereocenters. The number of hydrogen-bond acceptors (Lipinski definition) is 5. The molecule has 0 saturated carbocycles. The zero-order chi connectivity index (χ0) is 14.7. The molecular weight excluding hydrogens is 285 g/mol. The lowest BCUT2D eigenvalue weighted by molar-refractivity contribution is -0.113. The molecule has 0 fully saturated rings. The van der Waals surface area contributed by atoms with Gasteiger partial charge in [-0.15, -0.1) is 5.10 Å². The number of nitrogens with two attached hydrogens (primary N) is 1. The van der Waals surface area contributed by atoms with Gasteiger partial charge < -0.3 is 11.1 Å². The molecule has 0 saturated heterocycles. The fraction of sp³-hybridized carbons (Fsp3) is 0.182. The number of halogens is 1. The highest BCUT2D eigenvalue weighted by Crippen LogP contribution is 2.18. The van der Waals surface area contributed by atoms with E-state index in [0.717, 1.165) is 11.8 Å². The van der Waals surface area contributed by atoms with Crippen LogP contribution in [0.15, 0.2) is 28.2 Å². The maximum absolute atomic E-state index is 13.4. The van der Waals surface area contributed by atoms with Crippen molar-refractivity contribution in [3.05, 3.63) is 34.5 Å². The Hall–Kier alpha value is -2.29. The van der Waals surface area contributed by atoms with Crippen LogP contribution in [0.3, 0.4) is 0 Å². The minimum atomic E-state index is -0.565. The van der Waals surface area contributed by atoms with Gasteiger partial charge in [-0.2, -0.15) is 0 Å². The first-order valence-electron chi connectivity index (χ1n) is 5.56. The van der Waals surface area contributed by atoms with Crippen LogP contribution in [0.25, 0.3) is 0 Å². The summed E-state index contributed by atoms with van der Waals surface area (Å²) in [7, 11) is 1.53. The quantitative estimate of drug-likeness (QED) is 0.565. The minimum absolute atomic E-state index is 0.00757. The van der Waals surface area contributed by atoms with Crippen molar-refractivity contribution in [3.8, 4) is 0 Å². The zero-order valence-corrected chi connectivity index (χ0v) is 11.3. The van der Waals surface area contributed by atoms with E-state index in [1.54, 1.807) is 0 Å². The van der Waals surface area contributed by atoms with Gasteiger partial charge >= 0.3 is 5.69 Å². The van der Waals surface area contributed by atoms with Crippen LogP contribution in [0.4, 0.5) is 15.8 Å². The summed E-state index contributed by atoms with van der Waals surface area (Å²) in [6, 6.07) is 3.91. The molecule has 1 heterocycles. The summed E-state index contributed by atoms with van der Waals surface area (Å²) in [5, 5.41) is 8.78. The third-order valence-corrected chi connectivity index (χ3v) is 3.47. The number of nitrogen functional groups attached to an aromatic ring is 1. The number of aromatic nitrogens is 3. The molecule has 0 unspecified atom stereocenters. The van der Waals surface area contributed by atoms with E-state index >= 15 is 0 Å². The van der Waals surface area contributed by atoms with Crippen molar-refractivity contribution in [1.29, 1.82) is 0 Å². The molecule has 0 aliphatic carbocycles. The van der Waals surface area contributed by atoms with E-state index in [-0.39, 0.29) is 17.1 Å². The average Bonchev–Trinajstić information content (AvgIpc) is 2.72. The third kappa shape index (κ3) is 3.18. The number of aromatic amines is 1. The molecule has 0 aliphatic rings. The summed E-state index contributed by atoms with van der Waals surface area (Å²) < 4.78 is 14.7. The number of nitrogens with zero attached hydrogens (tertiary/aromatic N) is 2. The van der Waals surface area contributed by atoms with Crippen LogP contribution < -0.4 is 16.7 Å². The maximum atomic E-state index is 13.4. The topological polar surface area (TPSA) is 106 Å². The van der Waals surface area contributed by atoms with Crippen LogP contribution in [0.1, 0.15) is 0 Å². The van der Waals surface area contributed by atoms with Gasteiger partial charge in [0.2, 0.25) is 5.91 Å². The number of H-pyrrole nitrogens is 1. The molecule has 2 aromatic rings. The molecule has 7 nitrogen and oxygen atoms in total. The predicted octanol–water partition coefficient (Wildman–Crippen LogP) is 0.561. The SMILES string of the molecule is Cn1c(SCC(=O)Nc2cc(N)ccc2F)n[nH]c1=O. The highest BCUT2D eigenvalue weighted by atomic mass is 32.2. The van der Waals surface area contributed by atoms with E-state index in [1.165, 1.54) is 29.8 Å². The van der Waals surface area contributed by atoms with Gasteiger partial charge in [-0.3, -0.25) is 9.36 Å². The van der Waals surface area contributed by atoms with E-state index in [4.69, 9.17) is 5.73 Å². The van der Waals surface area contributed by atoms with Crippen molar-refractivity contribution in [2.24, 2.45) is 7.05 Å². The number of hydrogen-bond donors (Lipinski definition) is 3. The molecule has 20 heavy (non-hydrogen) atoms. The number of anilines is 2. The highest BCUT2D eigenvalue weighted by molar-refractivity contribution is 7.99. The van der Waals surface area contributed by atoms with Crippen molar-refractivity contribution in [2.45, 2.75) is 5.16 Å². The molecule has 4 N–H and O–H groups in total. The normalized spacial score (nSPS) is 10.5. The second kappa shape index (κ2) is 5.78. The van der Waals surface area contributed by atoms with E-state index in [0.29, 0.717) is 10.8 Å². The van der Waals surface area contributed by atoms with Crippen LogP contribution in [-0.2, 0) is 11.8 Å². The molecule has 0 aliphatic heterocycles. The Morgan fingerprint density at radius 2 is 2.35 bits per heavy atom. The molecule has 0 spiro atoms. The molecule has 0 bridgehead atoms. The van der Waals surface area contributed by atoms with Gasteiger partial charge in [0, 0.05) is 12.7 Å². The van der Waals surface area contributed by atoms with Gasteiger partial charge in [-0.1, -0.05) is 11.8 Å². The van der Waals surface area contributed by atoms with Gasteiger partial charge in [-0.05, 0) is 18.2 Å². The fourth-order valence-corrected chi connectivity index (χ4v) is 2.14. The zero-order valence-electron chi connectivity index (χ0n) is 10.5. The molecule has 1 aromatic heterocycles. The maximum Gasteiger partial charge on any atom is 0.343 e. The van der Waals surface area contributed by atoms with E-state index in [9.17, 15) is 14.0 Å². The van der Waals surface area contributed by atoms with E-state index in [1.807, 2.05) is 0 Å². The molecular formula is C11H12FN5O2S. The summed E-state index contributed by atoms with van der Waals surface area (Å²) >= 11 is 1.06. The summed E-state index contributed by atoms with van der Waals surface area (Å²) in [5.74, 6) is -0.994. The standard InChI is InChI=1S/C11H12FN5O2S/c1-17-10(19)15-16-11(17)20-5-9(18)14-8-4-6(13)2-3-7(8)12/h2-4H,5,13H2,1H3,(H,14,18)(H,15,19).